The molecule has 1 saturated heterocycles. The second kappa shape index (κ2) is 7.49. The second-order valence-corrected chi connectivity index (χ2v) is 6.57. The van der Waals surface area contributed by atoms with Gasteiger partial charge in [0.05, 0.1) is 6.10 Å². The van der Waals surface area contributed by atoms with E-state index >= 15 is 0 Å². The van der Waals surface area contributed by atoms with E-state index in [0.717, 1.165) is 24.8 Å². The maximum atomic E-state index is 10.2. The summed E-state index contributed by atoms with van der Waals surface area (Å²) in [4.78, 5) is 2.49. The maximum Gasteiger partial charge on any atom is 0.0669 e. The molecule has 1 unspecified atom stereocenters. The van der Waals surface area contributed by atoms with E-state index in [1.54, 1.807) is 0 Å². The average Bonchev–Trinajstić information content (AvgIpc) is 2.84. The first-order chi connectivity index (χ1) is 8.78. The number of piperidine rings is 1. The number of hydrogen-bond donors (Lipinski definition) is 1. The third-order valence-electron chi connectivity index (χ3n) is 4.95. The highest BCUT2D eigenvalue weighted by Gasteiger charge is 2.23. The van der Waals surface area contributed by atoms with Crippen molar-refractivity contribution in [2.24, 2.45) is 11.8 Å². The molecular formula is C16H31NO. The van der Waals surface area contributed by atoms with E-state index in [2.05, 4.69) is 11.8 Å². The Morgan fingerprint density at radius 1 is 1.06 bits per heavy atom. The minimum atomic E-state index is -0.0733. The summed E-state index contributed by atoms with van der Waals surface area (Å²) in [5, 5.41) is 10.2. The van der Waals surface area contributed by atoms with E-state index < -0.39 is 0 Å². The lowest BCUT2D eigenvalue weighted by molar-refractivity contribution is 0.0721. The van der Waals surface area contributed by atoms with Crippen LogP contribution in [0.5, 0.6) is 0 Å². The average molecular weight is 253 g/mol. The summed E-state index contributed by atoms with van der Waals surface area (Å²) in [5.41, 5.74) is 0. The molecule has 2 aliphatic rings. The summed E-state index contributed by atoms with van der Waals surface area (Å²) in [5.74, 6) is 1.77. The summed E-state index contributed by atoms with van der Waals surface area (Å²) in [7, 11) is 0. The van der Waals surface area contributed by atoms with Crippen LogP contribution in [0.2, 0.25) is 0 Å². The lowest BCUT2D eigenvalue weighted by Crippen LogP contribution is -2.39. The summed E-state index contributed by atoms with van der Waals surface area (Å²) in [6.45, 7) is 5.64. The lowest BCUT2D eigenvalue weighted by atomic mass is 9.92. The molecular weight excluding hydrogens is 222 g/mol. The lowest BCUT2D eigenvalue weighted by Gasteiger charge is -2.33. The van der Waals surface area contributed by atoms with Crippen LogP contribution in [0.1, 0.15) is 64.7 Å². The largest absolute Gasteiger partial charge is 0.392 e. The zero-order chi connectivity index (χ0) is 12.8. The molecule has 0 aromatic rings. The van der Waals surface area contributed by atoms with Crippen molar-refractivity contribution in [3.05, 3.63) is 0 Å². The molecule has 0 bridgehead atoms. The zero-order valence-electron chi connectivity index (χ0n) is 12.1. The molecule has 106 valence electrons. The topological polar surface area (TPSA) is 23.5 Å². The van der Waals surface area contributed by atoms with E-state index in [4.69, 9.17) is 0 Å². The molecule has 1 saturated carbocycles. The Kier molecular flexibility index (Phi) is 5.97. The second-order valence-electron chi connectivity index (χ2n) is 6.57. The SMILES string of the molecule is CCCC1CCN(CC(O)CC2CCCC2)CC1. The molecule has 18 heavy (non-hydrogen) atoms. The first kappa shape index (κ1) is 14.3. The molecule has 1 N–H and O–H groups in total. The van der Waals surface area contributed by atoms with Gasteiger partial charge in [0.15, 0.2) is 0 Å². The Morgan fingerprint density at radius 2 is 1.72 bits per heavy atom. The third-order valence-corrected chi connectivity index (χ3v) is 4.95. The van der Waals surface area contributed by atoms with Crippen molar-refractivity contribution in [2.45, 2.75) is 70.8 Å². The predicted molar refractivity (Wildman–Crippen MR) is 76.7 cm³/mol. The van der Waals surface area contributed by atoms with Crippen LogP contribution in [0.4, 0.5) is 0 Å². The van der Waals surface area contributed by atoms with Gasteiger partial charge < -0.3 is 10.0 Å². The van der Waals surface area contributed by atoms with E-state index in [0.29, 0.717) is 0 Å². The maximum absolute atomic E-state index is 10.2. The molecule has 1 heterocycles. The molecule has 1 atom stereocenters. The van der Waals surface area contributed by atoms with E-state index in [1.807, 2.05) is 0 Å². The summed E-state index contributed by atoms with van der Waals surface area (Å²) in [6, 6.07) is 0. The van der Waals surface area contributed by atoms with Gasteiger partial charge in [-0.05, 0) is 44.2 Å². The van der Waals surface area contributed by atoms with Gasteiger partial charge in [-0.2, -0.15) is 0 Å². The first-order valence-electron chi connectivity index (χ1n) is 8.18. The van der Waals surface area contributed by atoms with Crippen LogP contribution in [0.25, 0.3) is 0 Å². The van der Waals surface area contributed by atoms with Gasteiger partial charge in [-0.3, -0.25) is 0 Å². The van der Waals surface area contributed by atoms with Crippen molar-refractivity contribution in [1.29, 1.82) is 0 Å². The van der Waals surface area contributed by atoms with Gasteiger partial charge >= 0.3 is 0 Å². The number of rotatable bonds is 6. The van der Waals surface area contributed by atoms with Crippen molar-refractivity contribution >= 4 is 0 Å². The van der Waals surface area contributed by atoms with Crippen LogP contribution in [0, 0.1) is 11.8 Å². The van der Waals surface area contributed by atoms with E-state index in [9.17, 15) is 5.11 Å². The van der Waals surface area contributed by atoms with Gasteiger partial charge in [0, 0.05) is 6.54 Å². The standard InChI is InChI=1S/C16H31NO/c1-2-5-14-8-10-17(11-9-14)13-16(18)12-15-6-3-4-7-15/h14-16,18H,2-13H2,1H3. The minimum Gasteiger partial charge on any atom is -0.392 e. The van der Waals surface area contributed by atoms with Gasteiger partial charge in [0.25, 0.3) is 0 Å². The van der Waals surface area contributed by atoms with Crippen LogP contribution in [-0.2, 0) is 0 Å². The number of aliphatic hydroxyl groups excluding tert-OH is 1. The van der Waals surface area contributed by atoms with Gasteiger partial charge in [0.1, 0.15) is 0 Å². The Bertz CT molecular complexity index is 217. The fraction of sp³-hybridized carbons (Fsp3) is 1.00. The number of hydrogen-bond acceptors (Lipinski definition) is 2. The first-order valence-corrected chi connectivity index (χ1v) is 8.18. The Hall–Kier alpha value is -0.0800. The fourth-order valence-corrected chi connectivity index (χ4v) is 3.87. The number of β-amino-alcohol motifs (C(OH)–C–C–N with tert-alkyl or cyclic N) is 1. The fourth-order valence-electron chi connectivity index (χ4n) is 3.87. The Labute approximate surface area is 113 Å². The number of likely N-dealkylation sites (tertiary alicyclic amines) is 1. The van der Waals surface area contributed by atoms with Crippen molar-refractivity contribution < 1.29 is 5.11 Å². The molecule has 1 aliphatic heterocycles. The van der Waals surface area contributed by atoms with E-state index in [1.165, 1.54) is 64.5 Å². The van der Waals surface area contributed by atoms with E-state index in [-0.39, 0.29) is 6.10 Å². The predicted octanol–water partition coefficient (Wildman–Crippen LogP) is 3.44. The Balaban J connectivity index is 1.61. The minimum absolute atomic E-state index is 0.0733. The molecule has 2 heteroatoms. The third kappa shape index (κ3) is 4.55. The molecule has 0 amide bonds. The monoisotopic (exact) mass is 253 g/mol. The molecule has 2 fully saturated rings. The van der Waals surface area contributed by atoms with Gasteiger partial charge in [-0.25, -0.2) is 0 Å². The van der Waals surface area contributed by atoms with Crippen molar-refractivity contribution in [2.75, 3.05) is 19.6 Å². The highest BCUT2D eigenvalue weighted by Crippen LogP contribution is 2.29. The normalized spacial score (nSPS) is 25.7. The molecule has 1 aliphatic carbocycles. The van der Waals surface area contributed by atoms with Gasteiger partial charge in [-0.1, -0.05) is 45.4 Å². The van der Waals surface area contributed by atoms with Crippen molar-refractivity contribution in [3.63, 3.8) is 0 Å². The Morgan fingerprint density at radius 3 is 2.33 bits per heavy atom. The molecule has 0 aromatic carbocycles. The van der Waals surface area contributed by atoms with Gasteiger partial charge in [0.2, 0.25) is 0 Å². The highest BCUT2D eigenvalue weighted by molar-refractivity contribution is 4.77. The summed E-state index contributed by atoms with van der Waals surface area (Å²) in [6.07, 6.45) is 11.9. The summed E-state index contributed by atoms with van der Waals surface area (Å²) < 4.78 is 0. The zero-order valence-corrected chi connectivity index (χ0v) is 12.1. The van der Waals surface area contributed by atoms with Crippen molar-refractivity contribution in [1.82, 2.24) is 4.90 Å². The van der Waals surface area contributed by atoms with Crippen molar-refractivity contribution in [3.8, 4) is 0 Å². The van der Waals surface area contributed by atoms with Crippen LogP contribution >= 0.6 is 0 Å². The highest BCUT2D eigenvalue weighted by atomic mass is 16.3. The molecule has 2 rings (SSSR count). The number of aliphatic hydroxyl groups is 1. The van der Waals surface area contributed by atoms with Crippen LogP contribution in [0.15, 0.2) is 0 Å². The van der Waals surface area contributed by atoms with Gasteiger partial charge in [-0.15, -0.1) is 0 Å². The molecule has 0 spiro atoms. The van der Waals surface area contributed by atoms with Crippen LogP contribution < -0.4 is 0 Å². The molecule has 2 nitrogen and oxygen atoms in total. The molecule has 0 radical (unpaired) electrons. The number of nitrogens with zero attached hydrogens (tertiary/aromatic N) is 1. The van der Waals surface area contributed by atoms with Crippen LogP contribution in [-0.4, -0.2) is 35.7 Å². The quantitative estimate of drug-likeness (QED) is 0.784. The summed E-state index contributed by atoms with van der Waals surface area (Å²) >= 11 is 0. The molecule has 0 aromatic heterocycles. The smallest absolute Gasteiger partial charge is 0.0669 e. The van der Waals surface area contributed by atoms with Crippen LogP contribution in [0.3, 0.4) is 0 Å².